The van der Waals surface area contributed by atoms with Crippen LogP contribution in [0.5, 0.6) is 0 Å². The van der Waals surface area contributed by atoms with Crippen LogP contribution >= 0.6 is 0 Å². The van der Waals surface area contributed by atoms with E-state index in [0.29, 0.717) is 0 Å². The van der Waals surface area contributed by atoms with Gasteiger partial charge in [0, 0.05) is 12.1 Å². The average Bonchev–Trinajstić information content (AvgIpc) is 2.15. The number of halogens is 1. The lowest BCUT2D eigenvalue weighted by Gasteiger charge is -2.08. The maximum atomic E-state index is 12.9. The van der Waals surface area contributed by atoms with Gasteiger partial charge in [0.05, 0.1) is 4.92 Å². The number of nitro benzene ring substituents is 1. The first-order valence-corrected chi connectivity index (χ1v) is 4.66. The molecule has 0 saturated heterocycles. The van der Waals surface area contributed by atoms with Crippen LogP contribution in [-0.4, -0.2) is 16.9 Å². The van der Waals surface area contributed by atoms with Crippen LogP contribution in [0.3, 0.4) is 0 Å². The van der Waals surface area contributed by atoms with Crippen molar-refractivity contribution in [3.63, 3.8) is 0 Å². The van der Waals surface area contributed by atoms with Crippen molar-refractivity contribution in [3.8, 4) is 0 Å². The van der Waals surface area contributed by atoms with Gasteiger partial charge in [-0.25, -0.2) is 4.39 Å². The highest BCUT2D eigenvalue weighted by Gasteiger charge is 2.21. The van der Waals surface area contributed by atoms with Crippen molar-refractivity contribution in [2.75, 3.05) is 0 Å². The first-order valence-electron chi connectivity index (χ1n) is 4.66. The van der Waals surface area contributed by atoms with E-state index in [2.05, 4.69) is 5.32 Å². The average molecular weight is 226 g/mol. The number of benzene rings is 1. The fourth-order valence-corrected chi connectivity index (χ4v) is 1.19. The Morgan fingerprint density at radius 1 is 1.50 bits per heavy atom. The van der Waals surface area contributed by atoms with E-state index >= 15 is 0 Å². The molecule has 1 aromatic rings. The number of rotatable bonds is 3. The van der Waals surface area contributed by atoms with Crippen LogP contribution in [-0.2, 0) is 0 Å². The minimum Gasteiger partial charge on any atom is -0.350 e. The third-order valence-electron chi connectivity index (χ3n) is 1.82. The summed E-state index contributed by atoms with van der Waals surface area (Å²) in [5.41, 5.74) is -0.668. The number of nitro groups is 1. The molecule has 5 nitrogen and oxygen atoms in total. The SMILES string of the molecule is CC(C)NC(=O)c1cc(F)ccc1[N+](=O)[O-]. The van der Waals surface area contributed by atoms with Crippen molar-refractivity contribution in [2.24, 2.45) is 0 Å². The number of nitrogens with zero attached hydrogens (tertiary/aromatic N) is 1. The predicted octanol–water partition coefficient (Wildman–Crippen LogP) is 1.87. The summed E-state index contributed by atoms with van der Waals surface area (Å²) >= 11 is 0. The van der Waals surface area contributed by atoms with E-state index in [-0.39, 0.29) is 11.6 Å². The van der Waals surface area contributed by atoms with Gasteiger partial charge in [0.1, 0.15) is 11.4 Å². The number of amides is 1. The van der Waals surface area contributed by atoms with Crippen LogP contribution in [0, 0.1) is 15.9 Å². The molecule has 0 aliphatic carbocycles. The third kappa shape index (κ3) is 2.75. The van der Waals surface area contributed by atoms with Crippen molar-refractivity contribution in [1.82, 2.24) is 5.32 Å². The van der Waals surface area contributed by atoms with Crippen LogP contribution in [0.4, 0.5) is 10.1 Å². The number of carbonyl (C=O) groups excluding carboxylic acids is 1. The maximum absolute atomic E-state index is 12.9. The summed E-state index contributed by atoms with van der Waals surface area (Å²) in [5.74, 6) is -1.33. The minimum atomic E-state index is -0.714. The highest BCUT2D eigenvalue weighted by Crippen LogP contribution is 2.19. The number of carbonyl (C=O) groups is 1. The van der Waals surface area contributed by atoms with Gasteiger partial charge in [-0.3, -0.25) is 14.9 Å². The van der Waals surface area contributed by atoms with E-state index in [4.69, 9.17) is 0 Å². The van der Waals surface area contributed by atoms with Crippen molar-refractivity contribution in [3.05, 3.63) is 39.7 Å². The minimum absolute atomic E-state index is 0.171. The van der Waals surface area contributed by atoms with Gasteiger partial charge in [-0.1, -0.05) is 0 Å². The Balaban J connectivity index is 3.14. The number of nitrogens with one attached hydrogen (secondary N) is 1. The lowest BCUT2D eigenvalue weighted by molar-refractivity contribution is -0.385. The molecule has 1 rings (SSSR count). The zero-order valence-corrected chi connectivity index (χ0v) is 8.86. The summed E-state index contributed by atoms with van der Waals surface area (Å²) in [6, 6.07) is 2.61. The molecule has 6 heteroatoms. The smallest absolute Gasteiger partial charge is 0.282 e. The molecule has 0 atom stereocenters. The van der Waals surface area contributed by atoms with Gasteiger partial charge in [-0.2, -0.15) is 0 Å². The highest BCUT2D eigenvalue weighted by molar-refractivity contribution is 5.98. The molecule has 0 unspecified atom stereocenters. The Morgan fingerprint density at radius 2 is 2.12 bits per heavy atom. The molecular weight excluding hydrogens is 215 g/mol. The second-order valence-corrected chi connectivity index (χ2v) is 3.55. The van der Waals surface area contributed by atoms with E-state index in [1.807, 2.05) is 0 Å². The summed E-state index contributed by atoms with van der Waals surface area (Å²) in [6.07, 6.45) is 0. The van der Waals surface area contributed by atoms with E-state index in [1.54, 1.807) is 13.8 Å². The number of hydrogen-bond donors (Lipinski definition) is 1. The molecule has 0 aliphatic heterocycles. The summed E-state index contributed by atoms with van der Waals surface area (Å²) in [4.78, 5) is 21.5. The van der Waals surface area contributed by atoms with E-state index in [0.717, 1.165) is 18.2 Å². The summed E-state index contributed by atoms with van der Waals surface area (Å²) in [5, 5.41) is 13.1. The fourth-order valence-electron chi connectivity index (χ4n) is 1.19. The van der Waals surface area contributed by atoms with Crippen LogP contribution in [0.25, 0.3) is 0 Å². The van der Waals surface area contributed by atoms with Crippen LogP contribution < -0.4 is 5.32 Å². The molecule has 1 aromatic carbocycles. The van der Waals surface area contributed by atoms with Crippen molar-refractivity contribution in [2.45, 2.75) is 19.9 Å². The van der Waals surface area contributed by atoms with E-state index in [9.17, 15) is 19.3 Å². The molecule has 1 amide bonds. The van der Waals surface area contributed by atoms with Crippen molar-refractivity contribution < 1.29 is 14.1 Å². The molecule has 0 radical (unpaired) electrons. The van der Waals surface area contributed by atoms with Crippen molar-refractivity contribution >= 4 is 11.6 Å². The normalized spacial score (nSPS) is 10.2. The Bertz CT molecular complexity index is 432. The van der Waals surface area contributed by atoms with Crippen LogP contribution in [0.2, 0.25) is 0 Å². The van der Waals surface area contributed by atoms with E-state index < -0.39 is 22.3 Å². The lowest BCUT2D eigenvalue weighted by atomic mass is 10.1. The first kappa shape index (κ1) is 12.1. The molecular formula is C10H11FN2O3. The monoisotopic (exact) mass is 226 g/mol. The quantitative estimate of drug-likeness (QED) is 0.631. The molecule has 0 bridgehead atoms. The Hall–Kier alpha value is -1.98. The predicted molar refractivity (Wildman–Crippen MR) is 55.7 cm³/mol. The molecule has 0 heterocycles. The molecule has 0 aromatic heterocycles. The maximum Gasteiger partial charge on any atom is 0.282 e. The number of hydrogen-bond acceptors (Lipinski definition) is 3. The standard InChI is InChI=1S/C10H11FN2O3/c1-6(2)12-10(14)8-5-7(11)3-4-9(8)13(15)16/h3-6H,1-2H3,(H,12,14). The van der Waals surface area contributed by atoms with E-state index in [1.165, 1.54) is 0 Å². The third-order valence-corrected chi connectivity index (χ3v) is 1.82. The van der Waals surface area contributed by atoms with Crippen LogP contribution in [0.15, 0.2) is 18.2 Å². The van der Waals surface area contributed by atoms with Gasteiger partial charge in [-0.05, 0) is 26.0 Å². The van der Waals surface area contributed by atoms with Gasteiger partial charge in [0.15, 0.2) is 0 Å². The molecule has 0 fully saturated rings. The van der Waals surface area contributed by atoms with Gasteiger partial charge in [0.25, 0.3) is 11.6 Å². The summed E-state index contributed by atoms with van der Waals surface area (Å²) in [7, 11) is 0. The molecule has 86 valence electrons. The second-order valence-electron chi connectivity index (χ2n) is 3.55. The Morgan fingerprint density at radius 3 is 2.62 bits per heavy atom. The van der Waals surface area contributed by atoms with Crippen LogP contribution in [0.1, 0.15) is 24.2 Å². The summed E-state index contributed by atoms with van der Waals surface area (Å²) < 4.78 is 12.9. The molecule has 0 aliphatic rings. The Labute approximate surface area is 91.4 Å². The fraction of sp³-hybridized carbons (Fsp3) is 0.300. The lowest BCUT2D eigenvalue weighted by Crippen LogP contribution is -2.30. The molecule has 16 heavy (non-hydrogen) atoms. The topological polar surface area (TPSA) is 72.2 Å². The highest BCUT2D eigenvalue weighted by atomic mass is 19.1. The largest absolute Gasteiger partial charge is 0.350 e. The summed E-state index contributed by atoms with van der Waals surface area (Å²) in [6.45, 7) is 3.42. The molecule has 0 saturated carbocycles. The van der Waals surface area contributed by atoms with Gasteiger partial charge < -0.3 is 5.32 Å². The zero-order valence-electron chi connectivity index (χ0n) is 8.86. The second kappa shape index (κ2) is 4.69. The van der Waals surface area contributed by atoms with Gasteiger partial charge in [0.2, 0.25) is 0 Å². The van der Waals surface area contributed by atoms with Crippen molar-refractivity contribution in [1.29, 1.82) is 0 Å². The van der Waals surface area contributed by atoms with Gasteiger partial charge >= 0.3 is 0 Å². The van der Waals surface area contributed by atoms with Gasteiger partial charge in [-0.15, -0.1) is 0 Å². The molecule has 1 N–H and O–H groups in total. The Kier molecular flexibility index (Phi) is 3.55. The first-order chi connectivity index (χ1) is 7.41. The molecule has 0 spiro atoms. The zero-order chi connectivity index (χ0) is 12.3.